The second-order valence-electron chi connectivity index (χ2n) is 4.89. The number of esters is 1. The average Bonchev–Trinajstić information content (AvgIpc) is 3.29. The molecular formula is C15H17NO5. The van der Waals surface area contributed by atoms with Crippen LogP contribution in [0, 0.1) is 0 Å². The van der Waals surface area contributed by atoms with Gasteiger partial charge in [-0.3, -0.25) is 9.59 Å². The first-order valence-electron chi connectivity index (χ1n) is 6.76. The summed E-state index contributed by atoms with van der Waals surface area (Å²) in [7, 11) is 0. The van der Waals surface area contributed by atoms with Crippen molar-refractivity contribution in [3.05, 3.63) is 29.8 Å². The SMILES string of the molecule is C[C@@H](OC(=O)COc1ccc(C=O)cc1)C(=O)NC1CC1. The van der Waals surface area contributed by atoms with Gasteiger partial charge in [0.05, 0.1) is 0 Å². The number of aldehydes is 1. The molecule has 0 heterocycles. The predicted octanol–water partition coefficient (Wildman–Crippen LogP) is 1.09. The fourth-order valence-electron chi connectivity index (χ4n) is 1.62. The lowest BCUT2D eigenvalue weighted by Gasteiger charge is -2.13. The zero-order valence-electron chi connectivity index (χ0n) is 11.7. The molecule has 1 atom stereocenters. The van der Waals surface area contributed by atoms with Crippen molar-refractivity contribution in [1.29, 1.82) is 0 Å². The van der Waals surface area contributed by atoms with Gasteiger partial charge in [0.25, 0.3) is 5.91 Å². The Labute approximate surface area is 122 Å². The van der Waals surface area contributed by atoms with Crippen molar-refractivity contribution in [3.8, 4) is 5.75 Å². The van der Waals surface area contributed by atoms with Crippen LogP contribution in [0.1, 0.15) is 30.1 Å². The van der Waals surface area contributed by atoms with Crippen LogP contribution < -0.4 is 10.1 Å². The fourth-order valence-corrected chi connectivity index (χ4v) is 1.62. The largest absolute Gasteiger partial charge is 0.482 e. The van der Waals surface area contributed by atoms with Crippen LogP contribution in [-0.2, 0) is 14.3 Å². The smallest absolute Gasteiger partial charge is 0.344 e. The fraction of sp³-hybridized carbons (Fsp3) is 0.400. The molecule has 0 aliphatic heterocycles. The number of ether oxygens (including phenoxy) is 2. The lowest BCUT2D eigenvalue weighted by Crippen LogP contribution is -2.37. The van der Waals surface area contributed by atoms with Gasteiger partial charge in [-0.25, -0.2) is 4.79 Å². The molecule has 21 heavy (non-hydrogen) atoms. The van der Waals surface area contributed by atoms with E-state index in [1.165, 1.54) is 6.92 Å². The Morgan fingerprint density at radius 3 is 2.57 bits per heavy atom. The van der Waals surface area contributed by atoms with Crippen molar-refractivity contribution in [1.82, 2.24) is 5.32 Å². The molecule has 1 aromatic carbocycles. The standard InChI is InChI=1S/C15H17NO5/c1-10(15(19)16-12-4-5-12)21-14(18)9-20-13-6-2-11(8-17)3-7-13/h2-3,6-8,10,12H,4-5,9H2,1H3,(H,16,19)/t10-/m1/s1. The maximum atomic E-state index is 11.6. The molecule has 0 saturated heterocycles. The third-order valence-electron chi connectivity index (χ3n) is 2.97. The molecule has 0 aromatic heterocycles. The van der Waals surface area contributed by atoms with Gasteiger partial charge in [-0.2, -0.15) is 0 Å². The summed E-state index contributed by atoms with van der Waals surface area (Å²) in [5.41, 5.74) is 0.523. The molecule has 6 heteroatoms. The molecule has 0 unspecified atom stereocenters. The number of rotatable bonds is 7. The van der Waals surface area contributed by atoms with Crippen molar-refractivity contribution in [2.45, 2.75) is 31.9 Å². The third-order valence-corrected chi connectivity index (χ3v) is 2.97. The lowest BCUT2D eigenvalue weighted by atomic mass is 10.2. The minimum absolute atomic E-state index is 0.228. The molecule has 1 aliphatic carbocycles. The van der Waals surface area contributed by atoms with E-state index in [1.54, 1.807) is 24.3 Å². The highest BCUT2D eigenvalue weighted by Crippen LogP contribution is 2.18. The topological polar surface area (TPSA) is 81.7 Å². The van der Waals surface area contributed by atoms with Crippen molar-refractivity contribution in [2.75, 3.05) is 6.61 Å². The summed E-state index contributed by atoms with van der Waals surface area (Å²) < 4.78 is 10.2. The first kappa shape index (κ1) is 15.0. The van der Waals surface area contributed by atoms with E-state index in [0.29, 0.717) is 11.3 Å². The molecule has 1 aromatic rings. The van der Waals surface area contributed by atoms with Gasteiger partial charge >= 0.3 is 5.97 Å². The molecule has 112 valence electrons. The van der Waals surface area contributed by atoms with E-state index in [9.17, 15) is 14.4 Å². The summed E-state index contributed by atoms with van der Waals surface area (Å²) in [6.07, 6.45) is 1.84. The summed E-state index contributed by atoms with van der Waals surface area (Å²) in [6, 6.07) is 6.56. The van der Waals surface area contributed by atoms with Gasteiger partial charge in [-0.1, -0.05) is 0 Å². The van der Waals surface area contributed by atoms with Crippen molar-refractivity contribution in [2.24, 2.45) is 0 Å². The number of carbonyl (C=O) groups is 3. The van der Waals surface area contributed by atoms with Gasteiger partial charge in [-0.15, -0.1) is 0 Å². The second kappa shape index (κ2) is 6.88. The van der Waals surface area contributed by atoms with E-state index in [4.69, 9.17) is 9.47 Å². The first-order valence-corrected chi connectivity index (χ1v) is 6.76. The maximum absolute atomic E-state index is 11.6. The maximum Gasteiger partial charge on any atom is 0.344 e. The van der Waals surface area contributed by atoms with Crippen molar-refractivity contribution in [3.63, 3.8) is 0 Å². The average molecular weight is 291 g/mol. The Balaban J connectivity index is 1.72. The molecule has 2 rings (SSSR count). The molecule has 1 aliphatic rings. The predicted molar refractivity (Wildman–Crippen MR) is 74.0 cm³/mol. The second-order valence-corrected chi connectivity index (χ2v) is 4.89. The number of hydrogen-bond donors (Lipinski definition) is 1. The normalized spacial score (nSPS) is 14.9. The Kier molecular flexibility index (Phi) is 4.92. The van der Waals surface area contributed by atoms with Gasteiger partial charge in [0, 0.05) is 11.6 Å². The number of benzene rings is 1. The van der Waals surface area contributed by atoms with Crippen LogP contribution in [0.2, 0.25) is 0 Å². The summed E-state index contributed by atoms with van der Waals surface area (Å²) in [5, 5.41) is 2.76. The molecule has 1 fully saturated rings. The molecule has 1 amide bonds. The Morgan fingerprint density at radius 1 is 1.33 bits per heavy atom. The van der Waals surface area contributed by atoms with Crippen molar-refractivity contribution >= 4 is 18.2 Å². The number of carbonyl (C=O) groups excluding carboxylic acids is 3. The molecule has 0 spiro atoms. The zero-order valence-corrected chi connectivity index (χ0v) is 11.7. The van der Waals surface area contributed by atoms with E-state index < -0.39 is 12.1 Å². The van der Waals surface area contributed by atoms with Crippen LogP contribution in [0.3, 0.4) is 0 Å². The Bertz CT molecular complexity index is 521. The highest BCUT2D eigenvalue weighted by Gasteiger charge is 2.27. The summed E-state index contributed by atoms with van der Waals surface area (Å²) in [4.78, 5) is 33.7. The molecule has 1 N–H and O–H groups in total. The summed E-state index contributed by atoms with van der Waals surface area (Å²) in [6.45, 7) is 1.23. The number of hydrogen-bond acceptors (Lipinski definition) is 5. The van der Waals surface area contributed by atoms with Gasteiger partial charge in [0.15, 0.2) is 12.7 Å². The quantitative estimate of drug-likeness (QED) is 0.600. The van der Waals surface area contributed by atoms with Gasteiger partial charge in [0.2, 0.25) is 0 Å². The molecular weight excluding hydrogens is 274 g/mol. The monoisotopic (exact) mass is 291 g/mol. The molecule has 6 nitrogen and oxygen atoms in total. The van der Waals surface area contributed by atoms with Gasteiger partial charge in [0.1, 0.15) is 12.0 Å². The molecule has 0 bridgehead atoms. The Morgan fingerprint density at radius 2 is 2.00 bits per heavy atom. The van der Waals surface area contributed by atoms with Crippen LogP contribution in [0.15, 0.2) is 24.3 Å². The highest BCUT2D eigenvalue weighted by molar-refractivity contribution is 5.84. The van der Waals surface area contributed by atoms with Gasteiger partial charge in [-0.05, 0) is 44.0 Å². The summed E-state index contributed by atoms with van der Waals surface area (Å²) >= 11 is 0. The summed E-state index contributed by atoms with van der Waals surface area (Å²) in [5.74, 6) is -0.457. The van der Waals surface area contributed by atoms with E-state index in [1.807, 2.05) is 0 Å². The van der Waals surface area contributed by atoms with E-state index >= 15 is 0 Å². The van der Waals surface area contributed by atoms with Crippen LogP contribution in [-0.4, -0.2) is 36.9 Å². The van der Waals surface area contributed by atoms with E-state index in [2.05, 4.69) is 5.32 Å². The highest BCUT2D eigenvalue weighted by atomic mass is 16.6. The Hall–Kier alpha value is -2.37. The number of amides is 1. The van der Waals surface area contributed by atoms with Crippen molar-refractivity contribution < 1.29 is 23.9 Å². The van der Waals surface area contributed by atoms with Crippen LogP contribution in [0.25, 0.3) is 0 Å². The van der Waals surface area contributed by atoms with Crippen LogP contribution in [0.5, 0.6) is 5.75 Å². The number of nitrogens with one attached hydrogen (secondary N) is 1. The third kappa shape index (κ3) is 4.91. The minimum Gasteiger partial charge on any atom is -0.482 e. The molecule has 0 radical (unpaired) electrons. The van der Waals surface area contributed by atoms with E-state index in [0.717, 1.165) is 19.1 Å². The zero-order chi connectivity index (χ0) is 15.2. The molecule has 1 saturated carbocycles. The minimum atomic E-state index is -0.834. The lowest BCUT2D eigenvalue weighted by molar-refractivity contribution is -0.156. The van der Waals surface area contributed by atoms with Crippen LogP contribution in [0.4, 0.5) is 0 Å². The first-order chi connectivity index (χ1) is 10.1. The van der Waals surface area contributed by atoms with E-state index in [-0.39, 0.29) is 18.6 Å². The van der Waals surface area contributed by atoms with Gasteiger partial charge < -0.3 is 14.8 Å². The van der Waals surface area contributed by atoms with Crippen LogP contribution >= 0.6 is 0 Å².